The lowest BCUT2D eigenvalue weighted by Gasteiger charge is -2.11. The molecule has 0 bridgehead atoms. The molecule has 1 atom stereocenters. The standard InChI is InChI=1S/C12H20N2O3S/c1-2-17-6-3-5-13-12(16)14-8-11(15)10-4-7-18-9-10/h4,7,9,11,15H,2-3,5-6,8H2,1H3,(H2,13,14,16). The van der Waals surface area contributed by atoms with E-state index in [0.29, 0.717) is 19.8 Å². The van der Waals surface area contributed by atoms with Gasteiger partial charge in [-0.1, -0.05) is 0 Å². The highest BCUT2D eigenvalue weighted by Gasteiger charge is 2.09. The average molecular weight is 272 g/mol. The zero-order valence-corrected chi connectivity index (χ0v) is 11.3. The van der Waals surface area contributed by atoms with Gasteiger partial charge >= 0.3 is 6.03 Å². The highest BCUT2D eigenvalue weighted by atomic mass is 32.1. The van der Waals surface area contributed by atoms with Crippen molar-refractivity contribution in [2.45, 2.75) is 19.4 Å². The van der Waals surface area contributed by atoms with Gasteiger partial charge < -0.3 is 20.5 Å². The summed E-state index contributed by atoms with van der Waals surface area (Å²) in [5.41, 5.74) is 0.830. The second-order valence-corrected chi connectivity index (χ2v) is 4.54. The lowest BCUT2D eigenvalue weighted by Crippen LogP contribution is -2.38. The minimum Gasteiger partial charge on any atom is -0.387 e. The molecule has 0 fully saturated rings. The highest BCUT2D eigenvalue weighted by molar-refractivity contribution is 7.07. The first kappa shape index (κ1) is 14.9. The maximum Gasteiger partial charge on any atom is 0.314 e. The second kappa shape index (κ2) is 8.91. The summed E-state index contributed by atoms with van der Waals surface area (Å²) in [5, 5.41) is 18.8. The lowest BCUT2D eigenvalue weighted by atomic mass is 10.2. The van der Waals surface area contributed by atoms with Gasteiger partial charge in [0, 0.05) is 26.3 Å². The van der Waals surface area contributed by atoms with Crippen LogP contribution in [0.1, 0.15) is 25.0 Å². The van der Waals surface area contributed by atoms with Crippen molar-refractivity contribution >= 4 is 17.4 Å². The molecule has 1 heterocycles. The molecule has 1 aromatic heterocycles. The fourth-order valence-electron chi connectivity index (χ4n) is 1.35. The molecular weight excluding hydrogens is 252 g/mol. The number of nitrogens with one attached hydrogen (secondary N) is 2. The Morgan fingerprint density at radius 3 is 3.06 bits per heavy atom. The van der Waals surface area contributed by atoms with Crippen LogP contribution in [0.5, 0.6) is 0 Å². The van der Waals surface area contributed by atoms with Gasteiger partial charge in [0.1, 0.15) is 0 Å². The van der Waals surface area contributed by atoms with Gasteiger partial charge in [0.05, 0.1) is 6.10 Å². The molecule has 0 radical (unpaired) electrons. The Balaban J connectivity index is 2.06. The number of aliphatic hydroxyl groups is 1. The number of ether oxygens (including phenoxy) is 1. The van der Waals surface area contributed by atoms with E-state index in [2.05, 4.69) is 10.6 Å². The molecule has 0 aromatic carbocycles. The van der Waals surface area contributed by atoms with Gasteiger partial charge in [0.25, 0.3) is 0 Å². The predicted octanol–water partition coefficient (Wildman–Crippen LogP) is 1.51. The van der Waals surface area contributed by atoms with Crippen LogP contribution in [-0.4, -0.2) is 37.4 Å². The van der Waals surface area contributed by atoms with Crippen molar-refractivity contribution in [2.75, 3.05) is 26.3 Å². The van der Waals surface area contributed by atoms with Crippen molar-refractivity contribution in [1.82, 2.24) is 10.6 Å². The normalized spacial score (nSPS) is 12.1. The van der Waals surface area contributed by atoms with Crippen molar-refractivity contribution in [3.63, 3.8) is 0 Å². The Bertz CT molecular complexity index is 330. The molecule has 1 aromatic rings. The molecule has 6 heteroatoms. The van der Waals surface area contributed by atoms with Crippen LogP contribution < -0.4 is 10.6 Å². The van der Waals surface area contributed by atoms with Crippen molar-refractivity contribution in [2.24, 2.45) is 0 Å². The van der Waals surface area contributed by atoms with E-state index >= 15 is 0 Å². The zero-order chi connectivity index (χ0) is 13.2. The van der Waals surface area contributed by atoms with Gasteiger partial charge in [-0.2, -0.15) is 11.3 Å². The number of hydrogen-bond donors (Lipinski definition) is 3. The average Bonchev–Trinajstić information content (AvgIpc) is 2.89. The molecule has 0 aliphatic heterocycles. The van der Waals surface area contributed by atoms with Crippen LogP contribution >= 0.6 is 11.3 Å². The monoisotopic (exact) mass is 272 g/mol. The van der Waals surface area contributed by atoms with Crippen molar-refractivity contribution in [1.29, 1.82) is 0 Å². The summed E-state index contributed by atoms with van der Waals surface area (Å²) >= 11 is 1.52. The van der Waals surface area contributed by atoms with Crippen LogP contribution in [0, 0.1) is 0 Å². The van der Waals surface area contributed by atoms with Gasteiger partial charge in [0.2, 0.25) is 0 Å². The van der Waals surface area contributed by atoms with Crippen LogP contribution in [0.4, 0.5) is 4.79 Å². The highest BCUT2D eigenvalue weighted by Crippen LogP contribution is 2.14. The van der Waals surface area contributed by atoms with E-state index in [1.165, 1.54) is 11.3 Å². The summed E-state index contributed by atoms with van der Waals surface area (Å²) in [6.07, 6.45) is 0.138. The molecule has 0 aliphatic rings. The third kappa shape index (κ3) is 6.00. The summed E-state index contributed by atoms with van der Waals surface area (Å²) < 4.78 is 5.15. The van der Waals surface area contributed by atoms with E-state index in [0.717, 1.165) is 12.0 Å². The van der Waals surface area contributed by atoms with Crippen LogP contribution in [0.3, 0.4) is 0 Å². The molecule has 18 heavy (non-hydrogen) atoms. The molecular formula is C12H20N2O3S. The van der Waals surface area contributed by atoms with Crippen LogP contribution in [0.15, 0.2) is 16.8 Å². The van der Waals surface area contributed by atoms with Crippen molar-refractivity contribution in [3.05, 3.63) is 22.4 Å². The summed E-state index contributed by atoms with van der Waals surface area (Å²) in [6, 6.07) is 1.58. The third-order valence-corrected chi connectivity index (χ3v) is 3.04. The minimum absolute atomic E-state index is 0.216. The molecule has 3 N–H and O–H groups in total. The summed E-state index contributed by atoms with van der Waals surface area (Å²) in [7, 11) is 0. The topological polar surface area (TPSA) is 70.6 Å². The Labute approximate surface area is 111 Å². The maximum atomic E-state index is 11.4. The van der Waals surface area contributed by atoms with Gasteiger partial charge in [-0.05, 0) is 35.7 Å². The first-order valence-corrected chi connectivity index (χ1v) is 6.98. The van der Waals surface area contributed by atoms with Gasteiger partial charge in [-0.25, -0.2) is 4.79 Å². The van der Waals surface area contributed by atoms with Crippen molar-refractivity contribution < 1.29 is 14.6 Å². The van der Waals surface area contributed by atoms with Crippen LogP contribution in [0.2, 0.25) is 0 Å². The Hall–Kier alpha value is -1.11. The number of thiophene rings is 1. The molecule has 1 unspecified atom stereocenters. The smallest absolute Gasteiger partial charge is 0.314 e. The van der Waals surface area contributed by atoms with E-state index in [9.17, 15) is 9.90 Å². The fourth-order valence-corrected chi connectivity index (χ4v) is 2.06. The van der Waals surface area contributed by atoms with Gasteiger partial charge in [0.15, 0.2) is 0 Å². The molecule has 2 amide bonds. The Morgan fingerprint density at radius 2 is 2.39 bits per heavy atom. The van der Waals surface area contributed by atoms with E-state index < -0.39 is 6.10 Å². The molecule has 102 valence electrons. The third-order valence-electron chi connectivity index (χ3n) is 2.34. The zero-order valence-electron chi connectivity index (χ0n) is 10.5. The summed E-state index contributed by atoms with van der Waals surface area (Å²) in [6.45, 7) is 4.06. The van der Waals surface area contributed by atoms with E-state index in [-0.39, 0.29) is 12.6 Å². The minimum atomic E-state index is -0.648. The van der Waals surface area contributed by atoms with E-state index in [4.69, 9.17) is 4.74 Å². The molecule has 1 rings (SSSR count). The molecule has 5 nitrogen and oxygen atoms in total. The number of carbonyl (C=O) groups excluding carboxylic acids is 1. The number of urea groups is 1. The van der Waals surface area contributed by atoms with Gasteiger partial charge in [-0.3, -0.25) is 0 Å². The number of carbonyl (C=O) groups is 1. The largest absolute Gasteiger partial charge is 0.387 e. The summed E-state index contributed by atoms with van der Waals surface area (Å²) in [4.78, 5) is 11.4. The first-order valence-electron chi connectivity index (χ1n) is 6.03. The number of amides is 2. The Morgan fingerprint density at radius 1 is 1.56 bits per heavy atom. The number of aliphatic hydroxyl groups excluding tert-OH is 1. The molecule has 0 spiro atoms. The second-order valence-electron chi connectivity index (χ2n) is 3.76. The SMILES string of the molecule is CCOCCCNC(=O)NCC(O)c1ccsc1. The molecule has 0 saturated carbocycles. The quantitative estimate of drug-likeness (QED) is 0.628. The van der Waals surface area contributed by atoms with Crippen molar-refractivity contribution in [3.8, 4) is 0 Å². The summed E-state index contributed by atoms with van der Waals surface area (Å²) in [5.74, 6) is 0. The first-order chi connectivity index (χ1) is 8.74. The number of hydrogen-bond acceptors (Lipinski definition) is 4. The maximum absolute atomic E-state index is 11.4. The molecule has 0 saturated heterocycles. The fraction of sp³-hybridized carbons (Fsp3) is 0.583. The van der Waals surface area contributed by atoms with Crippen LogP contribution in [0.25, 0.3) is 0 Å². The Kier molecular flexibility index (Phi) is 7.40. The van der Waals surface area contributed by atoms with E-state index in [1.54, 1.807) is 0 Å². The number of rotatable bonds is 8. The lowest BCUT2D eigenvalue weighted by molar-refractivity contribution is 0.144. The van der Waals surface area contributed by atoms with E-state index in [1.807, 2.05) is 23.8 Å². The van der Waals surface area contributed by atoms with Gasteiger partial charge in [-0.15, -0.1) is 0 Å². The van der Waals surface area contributed by atoms with Crippen LogP contribution in [-0.2, 0) is 4.74 Å². The predicted molar refractivity (Wildman–Crippen MR) is 71.8 cm³/mol. The molecule has 0 aliphatic carbocycles.